The van der Waals surface area contributed by atoms with Crippen LogP contribution in [0, 0.1) is 20.8 Å². The molecule has 0 unspecified atom stereocenters. The van der Waals surface area contributed by atoms with Gasteiger partial charge < -0.3 is 19.9 Å². The summed E-state index contributed by atoms with van der Waals surface area (Å²) in [5, 5.41) is 9.65. The van der Waals surface area contributed by atoms with Gasteiger partial charge in [-0.25, -0.2) is 8.42 Å². The molecular weight excluding hydrogens is 520 g/mol. The van der Waals surface area contributed by atoms with Crippen molar-refractivity contribution in [2.75, 3.05) is 19.7 Å². The van der Waals surface area contributed by atoms with Gasteiger partial charge >= 0.3 is 0 Å². The first-order valence-electron chi connectivity index (χ1n) is 13.0. The van der Waals surface area contributed by atoms with E-state index in [1.165, 1.54) is 4.31 Å². The zero-order valence-corrected chi connectivity index (χ0v) is 23.0. The van der Waals surface area contributed by atoms with Crippen molar-refractivity contribution in [1.29, 1.82) is 0 Å². The number of hydrogen-bond acceptors (Lipinski definition) is 7. The summed E-state index contributed by atoms with van der Waals surface area (Å²) >= 11 is 0. The van der Waals surface area contributed by atoms with Crippen LogP contribution >= 0.6 is 0 Å². The van der Waals surface area contributed by atoms with E-state index in [4.69, 9.17) is 9.26 Å². The maximum absolute atomic E-state index is 14.2. The first-order chi connectivity index (χ1) is 18.6. The summed E-state index contributed by atoms with van der Waals surface area (Å²) < 4.78 is 41.0. The number of carbonyl (C=O) groups excluding carboxylic acids is 2. The zero-order valence-electron chi connectivity index (χ0n) is 22.2. The lowest BCUT2D eigenvalue weighted by molar-refractivity contribution is -0.121. The monoisotopic (exact) mass is 552 g/mol. The van der Waals surface area contributed by atoms with Gasteiger partial charge in [-0.15, -0.1) is 0 Å². The van der Waals surface area contributed by atoms with Crippen LogP contribution in [-0.2, 0) is 14.8 Å². The summed E-state index contributed by atoms with van der Waals surface area (Å²) in [4.78, 5) is 26.0. The molecule has 2 atom stereocenters. The van der Waals surface area contributed by atoms with Crippen molar-refractivity contribution < 1.29 is 27.3 Å². The van der Waals surface area contributed by atoms with Gasteiger partial charge in [-0.1, -0.05) is 23.4 Å². The quantitative estimate of drug-likeness (QED) is 0.511. The van der Waals surface area contributed by atoms with Gasteiger partial charge in [0.05, 0.1) is 17.1 Å². The van der Waals surface area contributed by atoms with Crippen molar-refractivity contribution in [1.82, 2.24) is 20.1 Å². The summed E-state index contributed by atoms with van der Waals surface area (Å²) in [6.45, 7) is 6.01. The molecule has 4 bridgehead atoms. The number of carbonyl (C=O) groups is 2. The van der Waals surface area contributed by atoms with E-state index in [0.29, 0.717) is 46.7 Å². The van der Waals surface area contributed by atoms with Crippen molar-refractivity contribution >= 4 is 21.8 Å². The molecular formula is C28H32N4O6S. The Labute approximate surface area is 227 Å². The van der Waals surface area contributed by atoms with E-state index < -0.39 is 22.1 Å². The number of amides is 2. The average Bonchev–Trinajstić information content (AvgIpc) is 3.52. The van der Waals surface area contributed by atoms with Crippen molar-refractivity contribution in [3.8, 4) is 17.1 Å². The molecule has 2 aliphatic rings. The molecule has 2 aliphatic heterocycles. The number of nitrogens with zero attached hydrogens (tertiary/aromatic N) is 2. The third kappa shape index (κ3) is 5.55. The molecule has 5 rings (SSSR count). The number of ether oxygens (including phenoxy) is 1. The van der Waals surface area contributed by atoms with Gasteiger partial charge in [0.15, 0.2) is 5.76 Å². The number of benzene rings is 2. The topological polar surface area (TPSA) is 131 Å². The highest BCUT2D eigenvalue weighted by Crippen LogP contribution is 2.35. The van der Waals surface area contributed by atoms with E-state index in [2.05, 4.69) is 15.8 Å². The van der Waals surface area contributed by atoms with E-state index in [9.17, 15) is 18.0 Å². The summed E-state index contributed by atoms with van der Waals surface area (Å²) in [5.41, 5.74) is 3.14. The molecule has 206 valence electrons. The highest BCUT2D eigenvalue weighted by molar-refractivity contribution is 7.89. The average molecular weight is 553 g/mol. The molecule has 0 radical (unpaired) electrons. The minimum absolute atomic E-state index is 0.0104. The van der Waals surface area contributed by atoms with Crippen LogP contribution in [0.25, 0.3) is 11.3 Å². The molecule has 11 heteroatoms. The second kappa shape index (κ2) is 10.8. The van der Waals surface area contributed by atoms with E-state index in [1.807, 2.05) is 6.92 Å². The molecule has 1 fully saturated rings. The fourth-order valence-corrected chi connectivity index (χ4v) is 7.33. The van der Waals surface area contributed by atoms with Crippen molar-refractivity contribution in [2.45, 2.75) is 57.0 Å². The van der Waals surface area contributed by atoms with Crippen LogP contribution in [0.4, 0.5) is 0 Å². The third-order valence-electron chi connectivity index (χ3n) is 7.26. The molecule has 3 heterocycles. The van der Waals surface area contributed by atoms with Gasteiger partial charge in [0.1, 0.15) is 12.4 Å². The van der Waals surface area contributed by atoms with Gasteiger partial charge in [-0.3, -0.25) is 9.59 Å². The highest BCUT2D eigenvalue weighted by atomic mass is 32.2. The van der Waals surface area contributed by atoms with Crippen molar-refractivity contribution in [2.24, 2.45) is 0 Å². The highest BCUT2D eigenvalue weighted by Gasteiger charge is 2.43. The minimum atomic E-state index is -4.05. The molecule has 0 spiro atoms. The second-order valence-electron chi connectivity index (χ2n) is 10.1. The minimum Gasteiger partial charge on any atom is -0.491 e. The number of nitrogens with one attached hydrogen (secondary N) is 2. The Balaban J connectivity index is 1.50. The first-order valence-corrected chi connectivity index (χ1v) is 14.4. The lowest BCUT2D eigenvalue weighted by atomic mass is 10.1. The number of fused-ring (bicyclic) bond motifs is 4. The molecule has 1 aromatic heterocycles. The lowest BCUT2D eigenvalue weighted by Crippen LogP contribution is -2.47. The predicted octanol–water partition coefficient (Wildman–Crippen LogP) is 3.12. The van der Waals surface area contributed by atoms with Crippen LogP contribution < -0.4 is 15.4 Å². The van der Waals surface area contributed by atoms with Crippen LogP contribution in [-0.4, -0.2) is 61.5 Å². The zero-order chi connectivity index (χ0) is 27.7. The largest absolute Gasteiger partial charge is 0.491 e. The maximum Gasteiger partial charge on any atom is 0.251 e. The van der Waals surface area contributed by atoms with Gasteiger partial charge in [0.2, 0.25) is 15.9 Å². The molecule has 2 amide bonds. The van der Waals surface area contributed by atoms with E-state index in [-0.39, 0.29) is 42.8 Å². The molecule has 39 heavy (non-hydrogen) atoms. The first kappa shape index (κ1) is 26.9. The smallest absolute Gasteiger partial charge is 0.251 e. The van der Waals surface area contributed by atoms with Crippen molar-refractivity contribution in [3.05, 3.63) is 64.8 Å². The van der Waals surface area contributed by atoms with Gasteiger partial charge in [-0.05, 0) is 62.9 Å². The van der Waals surface area contributed by atoms with Gasteiger partial charge in [0, 0.05) is 42.2 Å². The Hall–Kier alpha value is -3.70. The van der Waals surface area contributed by atoms with Crippen LogP contribution in [0.5, 0.6) is 5.75 Å². The SMILES string of the molecule is Cc1cc(-c2ccc(C)c(S(=O)(=O)N3[C@@H]4CC[C@H]3CC(=O)NCCOc3cc(ccc3C)C(=O)NC4)c2)on1. The third-order valence-corrected chi connectivity index (χ3v) is 9.41. The summed E-state index contributed by atoms with van der Waals surface area (Å²) in [6, 6.07) is 11.0. The Morgan fingerprint density at radius 3 is 2.44 bits per heavy atom. The Morgan fingerprint density at radius 2 is 1.67 bits per heavy atom. The molecule has 10 nitrogen and oxygen atoms in total. The molecule has 3 aromatic rings. The number of aryl methyl sites for hydroxylation is 3. The summed E-state index contributed by atoms with van der Waals surface area (Å²) in [7, 11) is -4.05. The van der Waals surface area contributed by atoms with Crippen molar-refractivity contribution in [3.63, 3.8) is 0 Å². The Morgan fingerprint density at radius 1 is 0.923 bits per heavy atom. The van der Waals surface area contributed by atoms with E-state index in [1.54, 1.807) is 56.3 Å². The van der Waals surface area contributed by atoms with Gasteiger partial charge in [-0.2, -0.15) is 4.31 Å². The number of rotatable bonds is 3. The number of aromatic nitrogens is 1. The molecule has 0 saturated carbocycles. The van der Waals surface area contributed by atoms with Gasteiger partial charge in [0.25, 0.3) is 5.91 Å². The Bertz CT molecular complexity index is 1520. The molecule has 0 aliphatic carbocycles. The van der Waals surface area contributed by atoms with Crippen LogP contribution in [0.2, 0.25) is 0 Å². The van der Waals surface area contributed by atoms with Crippen LogP contribution in [0.15, 0.2) is 51.9 Å². The normalized spacial score (nSPS) is 20.9. The second-order valence-corrected chi connectivity index (χ2v) is 11.9. The summed E-state index contributed by atoms with van der Waals surface area (Å²) in [5.74, 6) is 0.463. The standard InChI is InChI=1S/C28H32N4O6S/c1-17-4-7-21-13-24(17)37-11-10-29-27(33)15-22-8-9-23(16-30-28(21)34)32(22)39(35,36)26-14-20(6-5-18(26)2)25-12-19(3)31-38-25/h4-7,12-14,22-23H,8-11,15-16H2,1-3H3,(H,29,33)(H,30,34)/t22-,23+/m0/s1. The lowest BCUT2D eigenvalue weighted by Gasteiger charge is -2.30. The van der Waals surface area contributed by atoms with Crippen LogP contribution in [0.3, 0.4) is 0 Å². The number of hydrogen-bond donors (Lipinski definition) is 2. The fraction of sp³-hybridized carbons (Fsp3) is 0.393. The molecule has 2 aromatic carbocycles. The predicted molar refractivity (Wildman–Crippen MR) is 144 cm³/mol. The molecule has 1 saturated heterocycles. The summed E-state index contributed by atoms with van der Waals surface area (Å²) in [6.07, 6.45) is 1.02. The fourth-order valence-electron chi connectivity index (χ4n) is 5.21. The number of sulfonamides is 1. The maximum atomic E-state index is 14.2. The van der Waals surface area contributed by atoms with E-state index in [0.717, 1.165) is 5.56 Å². The van der Waals surface area contributed by atoms with E-state index >= 15 is 0 Å². The Kier molecular flexibility index (Phi) is 7.46. The van der Waals surface area contributed by atoms with Crippen LogP contribution in [0.1, 0.15) is 46.4 Å². The molecule has 2 N–H and O–H groups in total.